The molecule has 0 bridgehead atoms. The molecule has 21 heavy (non-hydrogen) atoms. The molecule has 0 unspecified atom stereocenters. The summed E-state index contributed by atoms with van der Waals surface area (Å²) in [6.07, 6.45) is -5.29. The molecule has 0 radical (unpaired) electrons. The molecule has 4 nitrogen and oxygen atoms in total. The van der Waals surface area contributed by atoms with E-state index in [-0.39, 0.29) is 18.3 Å². The van der Waals surface area contributed by atoms with Gasteiger partial charge in [0, 0.05) is 0 Å². The number of nitrogens with two attached hydrogens (primary N) is 1. The number of anilines is 1. The van der Waals surface area contributed by atoms with Crippen LogP contribution in [0.5, 0.6) is 0 Å². The molecule has 13 heteroatoms. The third-order valence-electron chi connectivity index (χ3n) is 1.73. The molecule has 2 rings (SSSR count). The molecule has 0 amide bonds. The average Bonchev–Trinajstić information content (AvgIpc) is 2.92. The van der Waals surface area contributed by atoms with Crippen molar-refractivity contribution in [3.05, 3.63) is 24.5 Å². The van der Waals surface area contributed by atoms with Crippen LogP contribution >= 0.6 is 57.5 Å². The highest BCUT2D eigenvalue weighted by Gasteiger charge is 2.17. The van der Waals surface area contributed by atoms with Crippen LogP contribution in [0.4, 0.5) is 22.7 Å². The van der Waals surface area contributed by atoms with E-state index in [1.165, 1.54) is 0 Å². The minimum atomic E-state index is -2.65. The molecule has 118 valence electrons. The average molecular weight is 404 g/mol. The zero-order valence-corrected chi connectivity index (χ0v) is 13.5. The lowest BCUT2D eigenvalue weighted by Gasteiger charge is -1.91. The van der Waals surface area contributed by atoms with Gasteiger partial charge < -0.3 is 0 Å². The first-order valence-electron chi connectivity index (χ1n) is 4.77. The van der Waals surface area contributed by atoms with Crippen LogP contribution < -0.4 is 11.3 Å². The van der Waals surface area contributed by atoms with Crippen molar-refractivity contribution in [1.29, 1.82) is 0 Å². The number of nitrogens with one attached hydrogen (secondary N) is 1. The van der Waals surface area contributed by atoms with E-state index in [4.69, 9.17) is 40.6 Å². The number of aromatic nitrogens is 2. The van der Waals surface area contributed by atoms with Gasteiger partial charge in [0.15, 0.2) is 9.60 Å². The molecule has 0 spiro atoms. The van der Waals surface area contributed by atoms with Crippen molar-refractivity contribution in [1.82, 2.24) is 9.97 Å². The van der Waals surface area contributed by atoms with E-state index in [0.717, 1.165) is 22.7 Å². The summed E-state index contributed by atoms with van der Waals surface area (Å²) in [7, 11) is 0. The highest BCUT2D eigenvalue weighted by atomic mass is 35.5. The summed E-state index contributed by atoms with van der Waals surface area (Å²) in [6, 6.07) is 0. The van der Waals surface area contributed by atoms with Crippen molar-refractivity contribution in [3.63, 3.8) is 0 Å². The Labute approximate surface area is 138 Å². The van der Waals surface area contributed by atoms with Gasteiger partial charge in [-0.2, -0.15) is 0 Å². The van der Waals surface area contributed by atoms with Crippen molar-refractivity contribution in [2.75, 3.05) is 5.43 Å². The first-order valence-corrected chi connectivity index (χ1v) is 7.53. The minimum absolute atomic E-state index is 0.0343. The second kappa shape index (κ2) is 8.30. The fourth-order valence-corrected chi connectivity index (χ4v) is 3.20. The lowest BCUT2D eigenvalue weighted by atomic mass is 10.5. The Kier molecular flexibility index (Phi) is 7.37. The number of nitrogen functional groups attached to an aromatic ring is 1. The maximum atomic E-state index is 12.0. The highest BCUT2D eigenvalue weighted by molar-refractivity contribution is 7.20. The highest BCUT2D eigenvalue weighted by Crippen LogP contribution is 2.34. The van der Waals surface area contributed by atoms with Crippen molar-refractivity contribution in [3.8, 4) is 0 Å². The SMILES string of the molecule is FC(F)c1nc(Cl)sc1Cl.NNc1nc(C(F)F)c(Cl)s1. The van der Waals surface area contributed by atoms with Crippen LogP contribution in [0.25, 0.3) is 0 Å². The normalized spacial score (nSPS) is 10.8. The van der Waals surface area contributed by atoms with Crippen molar-refractivity contribution >= 4 is 62.6 Å². The summed E-state index contributed by atoms with van der Waals surface area (Å²) in [5, 5.41) is 0.185. The van der Waals surface area contributed by atoms with Crippen LogP contribution in [0.2, 0.25) is 13.1 Å². The maximum Gasteiger partial charge on any atom is 0.282 e. The van der Waals surface area contributed by atoms with Crippen LogP contribution in [0, 0.1) is 0 Å². The van der Waals surface area contributed by atoms with Gasteiger partial charge in [0.1, 0.15) is 20.1 Å². The van der Waals surface area contributed by atoms with Crippen LogP contribution in [0.15, 0.2) is 0 Å². The Hall–Kier alpha value is -0.390. The number of hydrazine groups is 1. The fourth-order valence-electron chi connectivity index (χ4n) is 0.932. The number of hydrogen-bond acceptors (Lipinski definition) is 6. The van der Waals surface area contributed by atoms with E-state index < -0.39 is 24.2 Å². The lowest BCUT2D eigenvalue weighted by molar-refractivity contribution is 0.146. The van der Waals surface area contributed by atoms with Crippen molar-refractivity contribution in [2.45, 2.75) is 12.9 Å². The van der Waals surface area contributed by atoms with Gasteiger partial charge in [-0.15, -0.1) is 0 Å². The van der Waals surface area contributed by atoms with E-state index in [1.807, 2.05) is 0 Å². The number of rotatable bonds is 3. The van der Waals surface area contributed by atoms with E-state index in [1.54, 1.807) is 0 Å². The molecule has 2 heterocycles. The third-order valence-corrected chi connectivity index (χ3v) is 4.34. The molecular formula is C8H5Cl3F4N4S2. The first-order chi connectivity index (χ1) is 9.76. The second-order valence-electron chi connectivity index (χ2n) is 3.05. The van der Waals surface area contributed by atoms with E-state index in [0.29, 0.717) is 0 Å². The predicted molar refractivity (Wildman–Crippen MR) is 77.0 cm³/mol. The van der Waals surface area contributed by atoms with Gasteiger partial charge in [0.2, 0.25) is 0 Å². The molecule has 0 atom stereocenters. The summed E-state index contributed by atoms with van der Waals surface area (Å²) in [5.74, 6) is 4.93. The monoisotopic (exact) mass is 402 g/mol. The Morgan fingerprint density at radius 2 is 1.38 bits per heavy atom. The third kappa shape index (κ3) is 5.38. The Morgan fingerprint density at radius 3 is 1.62 bits per heavy atom. The van der Waals surface area contributed by atoms with Crippen LogP contribution in [-0.4, -0.2) is 9.97 Å². The standard InChI is InChI=1S/C4HCl2F2NS.C4H4ClF2N3S/c5-2-1(3(7)8)9-4(6)10-2;5-2-1(3(6)7)9-4(10-8)11-2/h3H;3H,8H2,(H,9,10). The summed E-state index contributed by atoms with van der Waals surface area (Å²) in [4.78, 5) is 6.74. The number of hydrogen-bond donors (Lipinski definition) is 2. The zero-order valence-electron chi connectivity index (χ0n) is 9.59. The number of alkyl halides is 4. The van der Waals surface area contributed by atoms with Gasteiger partial charge in [-0.25, -0.2) is 33.4 Å². The summed E-state index contributed by atoms with van der Waals surface area (Å²) in [6.45, 7) is 0. The van der Waals surface area contributed by atoms with Crippen LogP contribution in [-0.2, 0) is 0 Å². The molecule has 0 saturated carbocycles. The Balaban J connectivity index is 0.000000211. The molecule has 0 fully saturated rings. The molecule has 2 aromatic rings. The molecule has 2 aromatic heterocycles. The largest absolute Gasteiger partial charge is 0.300 e. The van der Waals surface area contributed by atoms with E-state index in [9.17, 15) is 17.6 Å². The molecule has 0 aromatic carbocycles. The number of nitrogens with zero attached hydrogens (tertiary/aromatic N) is 2. The van der Waals surface area contributed by atoms with Crippen molar-refractivity contribution in [2.24, 2.45) is 5.84 Å². The fraction of sp³-hybridized carbons (Fsp3) is 0.250. The molecule has 0 aliphatic heterocycles. The van der Waals surface area contributed by atoms with Crippen LogP contribution in [0.3, 0.4) is 0 Å². The molecule has 0 saturated heterocycles. The van der Waals surface area contributed by atoms with Gasteiger partial charge in [0.05, 0.1) is 0 Å². The molecular weight excluding hydrogens is 399 g/mol. The second-order valence-corrected chi connectivity index (χ2v) is 6.83. The smallest absolute Gasteiger partial charge is 0.282 e. The molecule has 0 aliphatic carbocycles. The number of halogens is 7. The number of thiazole rings is 2. The lowest BCUT2D eigenvalue weighted by Crippen LogP contribution is -2.06. The van der Waals surface area contributed by atoms with Crippen molar-refractivity contribution < 1.29 is 17.6 Å². The van der Waals surface area contributed by atoms with Crippen LogP contribution in [0.1, 0.15) is 24.2 Å². The summed E-state index contributed by atoms with van der Waals surface area (Å²) in [5.41, 5.74) is 1.27. The predicted octanol–water partition coefficient (Wildman–Crippen LogP) is 5.41. The van der Waals surface area contributed by atoms with E-state index in [2.05, 4.69) is 15.4 Å². The topological polar surface area (TPSA) is 63.8 Å². The quantitative estimate of drug-likeness (QED) is 0.409. The van der Waals surface area contributed by atoms with E-state index >= 15 is 0 Å². The van der Waals surface area contributed by atoms with Gasteiger partial charge in [-0.05, 0) is 0 Å². The zero-order chi connectivity index (χ0) is 16.2. The van der Waals surface area contributed by atoms with Gasteiger partial charge in [-0.1, -0.05) is 57.5 Å². The Morgan fingerprint density at radius 1 is 0.905 bits per heavy atom. The molecule has 3 N–H and O–H groups in total. The molecule has 0 aliphatic rings. The first kappa shape index (κ1) is 18.7. The summed E-state index contributed by atoms with van der Waals surface area (Å²) < 4.78 is 47.6. The van der Waals surface area contributed by atoms with Gasteiger partial charge in [0.25, 0.3) is 12.9 Å². The Bertz CT molecular complexity index is 592. The maximum absolute atomic E-state index is 12.0. The van der Waals surface area contributed by atoms with Gasteiger partial charge in [-0.3, -0.25) is 5.43 Å². The minimum Gasteiger partial charge on any atom is -0.300 e. The van der Waals surface area contributed by atoms with Gasteiger partial charge >= 0.3 is 0 Å². The summed E-state index contributed by atoms with van der Waals surface area (Å²) >= 11 is 17.7.